The van der Waals surface area contributed by atoms with Crippen LogP contribution in [-0.4, -0.2) is 17.4 Å². The van der Waals surface area contributed by atoms with Crippen LogP contribution in [0.2, 0.25) is 5.02 Å². The molecular formula is C10H8ClNO2. The summed E-state index contributed by atoms with van der Waals surface area (Å²) in [5, 5.41) is 0.355. The summed E-state index contributed by atoms with van der Waals surface area (Å²) in [5.41, 5.74) is 0.252. The second-order valence-corrected chi connectivity index (χ2v) is 3.28. The molecule has 2 heterocycles. The van der Waals surface area contributed by atoms with Crippen LogP contribution in [0.15, 0.2) is 30.2 Å². The summed E-state index contributed by atoms with van der Waals surface area (Å²) >= 11 is 5.83. The van der Waals surface area contributed by atoms with E-state index in [2.05, 4.69) is 4.98 Å². The lowest BCUT2D eigenvalue weighted by Crippen LogP contribution is -2.06. The Morgan fingerprint density at radius 3 is 3.07 bits per heavy atom. The van der Waals surface area contributed by atoms with Crippen molar-refractivity contribution >= 4 is 17.4 Å². The standard InChI is InChI=1S/C10H8ClNO2/c11-7-3-1-5-12-9(7)10(13)8-4-2-6-14-8/h1,3-5H,2,6H2. The summed E-state index contributed by atoms with van der Waals surface area (Å²) in [4.78, 5) is 15.6. The predicted molar refractivity (Wildman–Crippen MR) is 52.2 cm³/mol. The third-order valence-corrected chi connectivity index (χ3v) is 2.21. The molecule has 0 aliphatic carbocycles. The Kier molecular flexibility index (Phi) is 2.50. The number of carbonyl (C=O) groups is 1. The molecule has 14 heavy (non-hydrogen) atoms. The van der Waals surface area contributed by atoms with Crippen LogP contribution in [0.1, 0.15) is 16.9 Å². The van der Waals surface area contributed by atoms with Gasteiger partial charge in [-0.05, 0) is 18.2 Å². The van der Waals surface area contributed by atoms with Crippen LogP contribution >= 0.6 is 11.6 Å². The fraction of sp³-hybridized carbons (Fsp3) is 0.200. The summed E-state index contributed by atoms with van der Waals surface area (Å²) in [5.74, 6) is 0.110. The molecule has 1 aliphatic rings. The predicted octanol–water partition coefficient (Wildman–Crippen LogP) is 2.22. The molecule has 0 fully saturated rings. The van der Waals surface area contributed by atoms with Crippen molar-refractivity contribution < 1.29 is 9.53 Å². The van der Waals surface area contributed by atoms with Gasteiger partial charge >= 0.3 is 0 Å². The molecule has 1 aromatic heterocycles. The van der Waals surface area contributed by atoms with Gasteiger partial charge in [0.25, 0.3) is 0 Å². The number of ether oxygens (including phenoxy) is 1. The number of hydrogen-bond donors (Lipinski definition) is 0. The molecule has 1 aliphatic heterocycles. The lowest BCUT2D eigenvalue weighted by molar-refractivity contribution is 0.0937. The molecule has 0 amide bonds. The van der Waals surface area contributed by atoms with Crippen molar-refractivity contribution in [1.82, 2.24) is 4.98 Å². The van der Waals surface area contributed by atoms with Gasteiger partial charge in [0.05, 0.1) is 11.6 Å². The highest BCUT2D eigenvalue weighted by Crippen LogP contribution is 2.19. The zero-order valence-electron chi connectivity index (χ0n) is 7.37. The molecule has 0 bridgehead atoms. The molecule has 0 spiro atoms. The van der Waals surface area contributed by atoms with E-state index in [9.17, 15) is 4.79 Å². The van der Waals surface area contributed by atoms with Crippen molar-refractivity contribution in [3.63, 3.8) is 0 Å². The fourth-order valence-electron chi connectivity index (χ4n) is 1.25. The molecule has 1 aromatic rings. The van der Waals surface area contributed by atoms with E-state index in [1.54, 1.807) is 18.2 Å². The third-order valence-electron chi connectivity index (χ3n) is 1.90. The van der Waals surface area contributed by atoms with Gasteiger partial charge in [0.1, 0.15) is 5.69 Å². The summed E-state index contributed by atoms with van der Waals surface area (Å²) in [6, 6.07) is 3.32. The molecule has 72 valence electrons. The first kappa shape index (κ1) is 9.21. The first-order chi connectivity index (χ1) is 6.79. The Hall–Kier alpha value is -1.35. The van der Waals surface area contributed by atoms with Crippen molar-refractivity contribution in [1.29, 1.82) is 0 Å². The Bertz CT molecular complexity index is 401. The van der Waals surface area contributed by atoms with Gasteiger partial charge in [-0.15, -0.1) is 0 Å². The van der Waals surface area contributed by atoms with E-state index in [1.165, 1.54) is 6.20 Å². The number of aromatic nitrogens is 1. The topological polar surface area (TPSA) is 39.2 Å². The summed E-state index contributed by atoms with van der Waals surface area (Å²) < 4.78 is 5.14. The second kappa shape index (κ2) is 3.80. The minimum Gasteiger partial charge on any atom is -0.489 e. The number of carbonyl (C=O) groups excluding carboxylic acids is 1. The fourth-order valence-corrected chi connectivity index (χ4v) is 1.45. The third kappa shape index (κ3) is 1.63. The van der Waals surface area contributed by atoms with Crippen molar-refractivity contribution in [3.05, 3.63) is 40.9 Å². The van der Waals surface area contributed by atoms with Gasteiger partial charge in [-0.3, -0.25) is 9.78 Å². The van der Waals surface area contributed by atoms with E-state index < -0.39 is 0 Å². The quantitative estimate of drug-likeness (QED) is 0.702. The Morgan fingerprint density at radius 1 is 1.57 bits per heavy atom. The van der Waals surface area contributed by atoms with E-state index in [1.807, 2.05) is 0 Å². The lowest BCUT2D eigenvalue weighted by Gasteiger charge is -2.02. The number of ketones is 1. The van der Waals surface area contributed by atoms with Crippen LogP contribution in [-0.2, 0) is 4.74 Å². The summed E-state index contributed by atoms with van der Waals surface area (Å²) in [6.07, 6.45) is 4.06. The van der Waals surface area contributed by atoms with Crippen LogP contribution in [0.25, 0.3) is 0 Å². The molecule has 0 N–H and O–H groups in total. The highest BCUT2D eigenvalue weighted by molar-refractivity contribution is 6.34. The van der Waals surface area contributed by atoms with Crippen LogP contribution in [0.5, 0.6) is 0 Å². The molecule has 0 unspecified atom stereocenters. The highest BCUT2D eigenvalue weighted by atomic mass is 35.5. The largest absolute Gasteiger partial charge is 0.489 e. The monoisotopic (exact) mass is 209 g/mol. The van der Waals surface area contributed by atoms with Gasteiger partial charge in [-0.2, -0.15) is 0 Å². The van der Waals surface area contributed by atoms with Crippen molar-refractivity contribution in [3.8, 4) is 0 Å². The number of allylic oxidation sites excluding steroid dienone is 1. The lowest BCUT2D eigenvalue weighted by atomic mass is 10.2. The zero-order valence-corrected chi connectivity index (χ0v) is 8.12. The number of Topliss-reactive ketones (excluding diaryl/α,β-unsaturated/α-hetero) is 1. The molecule has 0 saturated carbocycles. The first-order valence-corrected chi connectivity index (χ1v) is 4.65. The van der Waals surface area contributed by atoms with Crippen molar-refractivity contribution in [2.75, 3.05) is 6.61 Å². The molecule has 3 nitrogen and oxygen atoms in total. The van der Waals surface area contributed by atoms with Crippen LogP contribution in [0, 0.1) is 0 Å². The summed E-state index contributed by atoms with van der Waals surface area (Å²) in [6.45, 7) is 0.561. The van der Waals surface area contributed by atoms with E-state index in [-0.39, 0.29) is 11.5 Å². The SMILES string of the molecule is O=C(C1=CCCO1)c1ncccc1Cl. The average Bonchev–Trinajstić information content (AvgIpc) is 2.70. The highest BCUT2D eigenvalue weighted by Gasteiger charge is 2.20. The first-order valence-electron chi connectivity index (χ1n) is 4.27. The molecular weight excluding hydrogens is 202 g/mol. The minimum atomic E-state index is -0.242. The van der Waals surface area contributed by atoms with Gasteiger partial charge < -0.3 is 4.74 Å². The Labute approximate surface area is 86.4 Å². The van der Waals surface area contributed by atoms with Crippen LogP contribution in [0.4, 0.5) is 0 Å². The van der Waals surface area contributed by atoms with Gasteiger partial charge in [0.15, 0.2) is 5.76 Å². The summed E-state index contributed by atoms with van der Waals surface area (Å²) in [7, 11) is 0. The van der Waals surface area contributed by atoms with E-state index in [0.29, 0.717) is 17.4 Å². The maximum Gasteiger partial charge on any atom is 0.247 e. The molecule has 0 saturated heterocycles. The number of pyridine rings is 1. The maximum absolute atomic E-state index is 11.7. The van der Waals surface area contributed by atoms with Crippen molar-refractivity contribution in [2.45, 2.75) is 6.42 Å². The van der Waals surface area contributed by atoms with Gasteiger partial charge in [0.2, 0.25) is 5.78 Å². The van der Waals surface area contributed by atoms with E-state index in [0.717, 1.165) is 6.42 Å². The van der Waals surface area contributed by atoms with E-state index in [4.69, 9.17) is 16.3 Å². The van der Waals surface area contributed by atoms with Crippen molar-refractivity contribution in [2.24, 2.45) is 0 Å². The molecule has 0 atom stereocenters. The second-order valence-electron chi connectivity index (χ2n) is 2.87. The Morgan fingerprint density at radius 2 is 2.43 bits per heavy atom. The number of nitrogens with zero attached hydrogens (tertiary/aromatic N) is 1. The zero-order chi connectivity index (χ0) is 9.97. The average molecular weight is 210 g/mol. The number of halogens is 1. The molecule has 0 radical (unpaired) electrons. The Balaban J connectivity index is 2.31. The normalized spacial score (nSPS) is 14.8. The van der Waals surface area contributed by atoms with Gasteiger partial charge in [0, 0.05) is 12.6 Å². The smallest absolute Gasteiger partial charge is 0.247 e. The number of rotatable bonds is 2. The van der Waals surface area contributed by atoms with Gasteiger partial charge in [-0.25, -0.2) is 0 Å². The van der Waals surface area contributed by atoms with Gasteiger partial charge in [-0.1, -0.05) is 11.6 Å². The van der Waals surface area contributed by atoms with E-state index >= 15 is 0 Å². The molecule has 0 aromatic carbocycles. The maximum atomic E-state index is 11.7. The van der Waals surface area contributed by atoms with Crippen LogP contribution < -0.4 is 0 Å². The minimum absolute atomic E-state index is 0.242. The number of hydrogen-bond acceptors (Lipinski definition) is 3. The molecule has 4 heteroatoms. The molecule has 2 rings (SSSR count). The van der Waals surface area contributed by atoms with Crippen LogP contribution in [0.3, 0.4) is 0 Å².